The number of ether oxygens (including phenoxy) is 1. The number of hydrogen-bond donors (Lipinski definition) is 2. The number of anilines is 2. The van der Waals surface area contributed by atoms with E-state index in [1.807, 2.05) is 18.2 Å². The number of nitrogens with two attached hydrogens (primary N) is 1. The number of hydrogen-bond acceptors (Lipinski definition) is 3. The molecule has 3 unspecified atom stereocenters. The summed E-state index contributed by atoms with van der Waals surface area (Å²) in [7, 11) is 0. The zero-order chi connectivity index (χ0) is 14.8. The van der Waals surface area contributed by atoms with Crippen molar-refractivity contribution in [2.24, 2.45) is 10.9 Å². The van der Waals surface area contributed by atoms with Gasteiger partial charge in [0.1, 0.15) is 11.6 Å². The molecular weight excluding hydrogens is 262 g/mol. The van der Waals surface area contributed by atoms with E-state index in [-0.39, 0.29) is 6.10 Å². The summed E-state index contributed by atoms with van der Waals surface area (Å²) in [5, 5.41) is 3.45. The summed E-state index contributed by atoms with van der Waals surface area (Å²) in [6, 6.07) is 6.14. The molecule has 1 saturated carbocycles. The molecule has 0 spiro atoms. The van der Waals surface area contributed by atoms with E-state index in [2.05, 4.69) is 19.2 Å². The topological polar surface area (TPSA) is 59.6 Å². The lowest BCUT2D eigenvalue weighted by atomic mass is 9.86. The molecule has 1 aliphatic heterocycles. The van der Waals surface area contributed by atoms with E-state index in [0.717, 1.165) is 29.4 Å². The Kier molecular flexibility index (Phi) is 4.04. The predicted octanol–water partition coefficient (Wildman–Crippen LogP) is 3.83. The third kappa shape index (κ3) is 2.99. The van der Waals surface area contributed by atoms with E-state index < -0.39 is 0 Å². The summed E-state index contributed by atoms with van der Waals surface area (Å²) in [4.78, 5) is 5.00. The van der Waals surface area contributed by atoms with Gasteiger partial charge in [-0.15, -0.1) is 0 Å². The zero-order valence-corrected chi connectivity index (χ0v) is 12.9. The van der Waals surface area contributed by atoms with E-state index in [1.165, 1.54) is 25.7 Å². The lowest BCUT2D eigenvalue weighted by Crippen LogP contribution is -2.38. The molecule has 1 aromatic rings. The van der Waals surface area contributed by atoms with Gasteiger partial charge in [0.2, 0.25) is 0 Å². The summed E-state index contributed by atoms with van der Waals surface area (Å²) in [5.74, 6) is 2.49. The van der Waals surface area contributed by atoms with E-state index in [4.69, 9.17) is 15.5 Å². The van der Waals surface area contributed by atoms with E-state index in [0.29, 0.717) is 12.0 Å². The van der Waals surface area contributed by atoms with Gasteiger partial charge in [-0.05, 0) is 43.4 Å². The Morgan fingerprint density at radius 2 is 2.14 bits per heavy atom. The molecule has 1 aromatic carbocycles. The molecule has 4 heteroatoms. The summed E-state index contributed by atoms with van der Waals surface area (Å²) in [5.41, 5.74) is 7.54. The van der Waals surface area contributed by atoms with Crippen molar-refractivity contribution in [3.8, 4) is 5.75 Å². The van der Waals surface area contributed by atoms with Crippen LogP contribution in [0.25, 0.3) is 0 Å². The fourth-order valence-corrected chi connectivity index (χ4v) is 3.23. The maximum Gasteiger partial charge on any atom is 0.155 e. The van der Waals surface area contributed by atoms with Crippen LogP contribution in [-0.4, -0.2) is 18.0 Å². The highest BCUT2D eigenvalue weighted by Crippen LogP contribution is 2.33. The van der Waals surface area contributed by atoms with Crippen molar-refractivity contribution >= 4 is 17.2 Å². The Morgan fingerprint density at radius 3 is 2.90 bits per heavy atom. The minimum absolute atomic E-state index is 0.0234. The Labute approximate surface area is 126 Å². The predicted molar refractivity (Wildman–Crippen MR) is 88.0 cm³/mol. The third-order valence-corrected chi connectivity index (χ3v) is 4.58. The minimum atomic E-state index is 0.0234. The fourth-order valence-electron chi connectivity index (χ4n) is 3.23. The first-order chi connectivity index (χ1) is 10.2. The van der Waals surface area contributed by atoms with Crippen LogP contribution in [0.2, 0.25) is 0 Å². The largest absolute Gasteiger partial charge is 0.480 e. The highest BCUT2D eigenvalue weighted by atomic mass is 16.5. The van der Waals surface area contributed by atoms with Crippen LogP contribution in [0.4, 0.5) is 11.4 Å². The van der Waals surface area contributed by atoms with Gasteiger partial charge in [0.15, 0.2) is 6.10 Å². The molecule has 1 aliphatic carbocycles. The van der Waals surface area contributed by atoms with Crippen molar-refractivity contribution in [1.82, 2.24) is 0 Å². The highest BCUT2D eigenvalue weighted by Gasteiger charge is 2.27. The minimum Gasteiger partial charge on any atom is -0.480 e. The number of aliphatic imine (C=N–C) groups is 1. The van der Waals surface area contributed by atoms with Crippen molar-refractivity contribution in [3.05, 3.63) is 18.2 Å². The lowest BCUT2D eigenvalue weighted by molar-refractivity contribution is 0.255. The zero-order valence-electron chi connectivity index (χ0n) is 12.9. The fraction of sp³-hybridized carbons (Fsp3) is 0.588. The number of nitrogens with zero attached hydrogens (tertiary/aromatic N) is 1. The quantitative estimate of drug-likeness (QED) is 0.813. The maximum atomic E-state index is 6.08. The Bertz CT molecular complexity index is 541. The number of amidine groups is 1. The van der Waals surface area contributed by atoms with Crippen LogP contribution in [0, 0.1) is 5.92 Å². The second kappa shape index (κ2) is 5.96. The number of fused-ring (bicyclic) bond motifs is 1. The van der Waals surface area contributed by atoms with Crippen LogP contribution in [0.15, 0.2) is 23.2 Å². The average Bonchev–Trinajstić information content (AvgIpc) is 2.49. The van der Waals surface area contributed by atoms with Crippen LogP contribution in [0.5, 0.6) is 5.75 Å². The Balaban J connectivity index is 1.86. The van der Waals surface area contributed by atoms with Gasteiger partial charge >= 0.3 is 0 Å². The molecule has 1 fully saturated rings. The molecular formula is C17H25N3O. The van der Waals surface area contributed by atoms with Gasteiger partial charge in [-0.1, -0.05) is 26.7 Å². The molecule has 3 rings (SSSR count). The summed E-state index contributed by atoms with van der Waals surface area (Å²) in [6.45, 7) is 4.44. The average molecular weight is 287 g/mol. The van der Waals surface area contributed by atoms with Crippen molar-refractivity contribution in [2.45, 2.75) is 58.1 Å². The van der Waals surface area contributed by atoms with E-state index in [9.17, 15) is 0 Å². The molecule has 0 radical (unpaired) electrons. The van der Waals surface area contributed by atoms with Crippen LogP contribution in [0.3, 0.4) is 0 Å². The standard InChI is InChI=1S/C17H25N3O/c1-3-15-17(19-13-7-5-4-6-11(13)2)20-14-10-12(18)8-9-16(14)21-15/h8-11,13,15H,3-7,18H2,1-2H3,(H,19,20). The molecule has 0 bridgehead atoms. The van der Waals surface area contributed by atoms with Gasteiger partial charge in [0.25, 0.3) is 0 Å². The van der Waals surface area contributed by atoms with Crippen molar-refractivity contribution in [1.29, 1.82) is 0 Å². The highest BCUT2D eigenvalue weighted by molar-refractivity contribution is 6.02. The van der Waals surface area contributed by atoms with Gasteiger partial charge in [-0.3, -0.25) is 4.99 Å². The molecule has 0 saturated heterocycles. The molecule has 2 aliphatic rings. The molecule has 3 atom stereocenters. The Hall–Kier alpha value is -1.71. The van der Waals surface area contributed by atoms with Gasteiger partial charge in [-0.25, -0.2) is 0 Å². The van der Waals surface area contributed by atoms with Crippen molar-refractivity contribution in [3.63, 3.8) is 0 Å². The third-order valence-electron chi connectivity index (χ3n) is 4.58. The summed E-state index contributed by atoms with van der Waals surface area (Å²) < 4.78 is 6.08. The van der Waals surface area contributed by atoms with E-state index in [1.54, 1.807) is 0 Å². The van der Waals surface area contributed by atoms with Crippen molar-refractivity contribution < 1.29 is 4.74 Å². The van der Waals surface area contributed by atoms with Crippen LogP contribution in [0.1, 0.15) is 46.0 Å². The molecule has 21 heavy (non-hydrogen) atoms. The van der Waals surface area contributed by atoms with Crippen LogP contribution >= 0.6 is 0 Å². The smallest absolute Gasteiger partial charge is 0.155 e. The number of nitrogens with one attached hydrogen (secondary N) is 1. The second-order valence-corrected chi connectivity index (χ2v) is 6.24. The molecule has 0 amide bonds. The molecule has 4 nitrogen and oxygen atoms in total. The Morgan fingerprint density at radius 1 is 1.33 bits per heavy atom. The van der Waals surface area contributed by atoms with Gasteiger partial charge in [0.05, 0.1) is 11.7 Å². The number of rotatable bonds is 2. The second-order valence-electron chi connectivity index (χ2n) is 6.24. The monoisotopic (exact) mass is 287 g/mol. The number of benzene rings is 1. The molecule has 3 N–H and O–H groups in total. The summed E-state index contributed by atoms with van der Waals surface area (Å²) in [6.07, 6.45) is 6.03. The molecule has 114 valence electrons. The lowest BCUT2D eigenvalue weighted by Gasteiger charge is -2.32. The molecule has 0 aromatic heterocycles. The normalized spacial score (nSPS) is 30.4. The number of nitrogen functional groups attached to an aromatic ring is 1. The SMILES string of the molecule is CCC1Oc2ccc(N)cc2NC1=NC1CCCCC1C. The summed E-state index contributed by atoms with van der Waals surface area (Å²) >= 11 is 0. The first-order valence-electron chi connectivity index (χ1n) is 8.08. The van der Waals surface area contributed by atoms with Crippen LogP contribution in [-0.2, 0) is 0 Å². The maximum absolute atomic E-state index is 6.08. The van der Waals surface area contributed by atoms with Gasteiger partial charge in [0, 0.05) is 5.69 Å². The van der Waals surface area contributed by atoms with Crippen molar-refractivity contribution in [2.75, 3.05) is 11.1 Å². The van der Waals surface area contributed by atoms with Gasteiger partial charge < -0.3 is 15.8 Å². The first-order valence-corrected chi connectivity index (χ1v) is 8.08. The van der Waals surface area contributed by atoms with Crippen LogP contribution < -0.4 is 15.8 Å². The van der Waals surface area contributed by atoms with Gasteiger partial charge in [-0.2, -0.15) is 0 Å². The van der Waals surface area contributed by atoms with E-state index >= 15 is 0 Å². The first kappa shape index (κ1) is 14.2. The molecule has 1 heterocycles.